The molecule has 1 unspecified atom stereocenters. The number of rotatable bonds is 6. The van der Waals surface area contributed by atoms with Crippen molar-refractivity contribution < 1.29 is 14.3 Å². The third-order valence-corrected chi connectivity index (χ3v) is 3.65. The van der Waals surface area contributed by atoms with Gasteiger partial charge in [0.15, 0.2) is 0 Å². The topological polar surface area (TPSA) is 59.6 Å². The minimum absolute atomic E-state index is 0.0494. The molecule has 5 heteroatoms. The van der Waals surface area contributed by atoms with Crippen molar-refractivity contribution in [2.24, 2.45) is 0 Å². The van der Waals surface area contributed by atoms with Gasteiger partial charge in [-0.3, -0.25) is 4.79 Å². The van der Waals surface area contributed by atoms with Gasteiger partial charge in [-0.2, -0.15) is 0 Å². The van der Waals surface area contributed by atoms with Crippen LogP contribution in [-0.4, -0.2) is 38.3 Å². The second kappa shape index (κ2) is 8.00. The van der Waals surface area contributed by atoms with Crippen LogP contribution >= 0.6 is 0 Å². The lowest BCUT2D eigenvalue weighted by Crippen LogP contribution is -2.48. The van der Waals surface area contributed by atoms with E-state index in [0.717, 1.165) is 37.2 Å². The maximum absolute atomic E-state index is 12.1. The average molecular weight is 292 g/mol. The normalized spacial score (nSPS) is 19.8. The molecular formula is C16H24N2O3. The molecule has 5 nitrogen and oxygen atoms in total. The summed E-state index contributed by atoms with van der Waals surface area (Å²) in [6.07, 6.45) is 1.67. The van der Waals surface area contributed by atoms with Crippen LogP contribution in [0.15, 0.2) is 24.3 Å². The van der Waals surface area contributed by atoms with Gasteiger partial charge in [0.25, 0.3) is 0 Å². The first kappa shape index (κ1) is 15.8. The van der Waals surface area contributed by atoms with Crippen molar-refractivity contribution >= 4 is 5.91 Å². The van der Waals surface area contributed by atoms with Crippen LogP contribution in [0.4, 0.5) is 0 Å². The predicted molar refractivity (Wildman–Crippen MR) is 81.3 cm³/mol. The summed E-state index contributed by atoms with van der Waals surface area (Å²) in [5, 5.41) is 6.31. The van der Waals surface area contributed by atoms with E-state index in [1.165, 1.54) is 0 Å². The van der Waals surface area contributed by atoms with Gasteiger partial charge in [0.2, 0.25) is 5.91 Å². The molecule has 1 aliphatic rings. The molecule has 2 rings (SSSR count). The Morgan fingerprint density at radius 3 is 3.10 bits per heavy atom. The number of methoxy groups -OCH3 is 1. The lowest BCUT2D eigenvalue weighted by Gasteiger charge is -2.25. The average Bonchev–Trinajstić information content (AvgIpc) is 2.53. The van der Waals surface area contributed by atoms with Gasteiger partial charge in [-0.05, 0) is 44.0 Å². The van der Waals surface area contributed by atoms with Crippen molar-refractivity contribution in [1.82, 2.24) is 10.6 Å². The highest BCUT2D eigenvalue weighted by Gasteiger charge is 2.19. The summed E-state index contributed by atoms with van der Waals surface area (Å²) in [4.78, 5) is 12.1. The summed E-state index contributed by atoms with van der Waals surface area (Å²) < 4.78 is 10.8. The number of benzene rings is 1. The number of nitrogens with one attached hydrogen (secondary N) is 2. The summed E-state index contributed by atoms with van der Waals surface area (Å²) in [6, 6.07) is 7.88. The van der Waals surface area contributed by atoms with E-state index in [1.807, 2.05) is 24.3 Å². The zero-order chi connectivity index (χ0) is 15.1. The lowest BCUT2D eigenvalue weighted by atomic mass is 10.1. The molecule has 0 bridgehead atoms. The van der Waals surface area contributed by atoms with Crippen LogP contribution in [0.1, 0.15) is 25.3 Å². The summed E-state index contributed by atoms with van der Waals surface area (Å²) in [7, 11) is 1.63. The molecule has 1 aromatic carbocycles. The molecule has 1 heterocycles. The Kier molecular flexibility index (Phi) is 6.02. The second-order valence-electron chi connectivity index (χ2n) is 5.36. The second-order valence-corrected chi connectivity index (χ2v) is 5.36. The van der Waals surface area contributed by atoms with Gasteiger partial charge in [0, 0.05) is 12.6 Å². The van der Waals surface area contributed by atoms with E-state index < -0.39 is 6.10 Å². The Bertz CT molecular complexity index is 459. The van der Waals surface area contributed by atoms with E-state index in [1.54, 1.807) is 14.0 Å². The van der Waals surface area contributed by atoms with E-state index in [-0.39, 0.29) is 11.9 Å². The molecule has 0 radical (unpaired) electrons. The number of hydrogen-bond donors (Lipinski definition) is 2. The van der Waals surface area contributed by atoms with Crippen LogP contribution in [0.2, 0.25) is 0 Å². The van der Waals surface area contributed by atoms with Crippen molar-refractivity contribution in [3.8, 4) is 5.75 Å². The number of piperidine rings is 1. The van der Waals surface area contributed by atoms with Crippen molar-refractivity contribution in [2.45, 2.75) is 38.5 Å². The third-order valence-electron chi connectivity index (χ3n) is 3.65. The van der Waals surface area contributed by atoms with Gasteiger partial charge in [-0.25, -0.2) is 0 Å². The van der Waals surface area contributed by atoms with E-state index in [2.05, 4.69) is 10.6 Å². The van der Waals surface area contributed by atoms with Gasteiger partial charge in [-0.1, -0.05) is 12.1 Å². The quantitative estimate of drug-likeness (QED) is 0.833. The Hall–Kier alpha value is -1.59. The number of carbonyl (C=O) groups excluding carboxylic acids is 1. The maximum Gasteiger partial charge on any atom is 0.249 e. The molecule has 0 spiro atoms. The molecular weight excluding hydrogens is 268 g/mol. The van der Waals surface area contributed by atoms with Gasteiger partial charge >= 0.3 is 0 Å². The van der Waals surface area contributed by atoms with Crippen LogP contribution < -0.4 is 15.4 Å². The minimum atomic E-state index is -0.460. The fourth-order valence-corrected chi connectivity index (χ4v) is 2.35. The highest BCUT2D eigenvalue weighted by Crippen LogP contribution is 2.14. The van der Waals surface area contributed by atoms with Crippen LogP contribution in [0.3, 0.4) is 0 Å². The van der Waals surface area contributed by atoms with E-state index in [0.29, 0.717) is 6.61 Å². The Morgan fingerprint density at radius 2 is 2.38 bits per heavy atom. The number of hydrogen-bond acceptors (Lipinski definition) is 4. The Labute approximate surface area is 126 Å². The largest absolute Gasteiger partial charge is 0.497 e. The van der Waals surface area contributed by atoms with Crippen molar-refractivity contribution in [3.05, 3.63) is 29.8 Å². The van der Waals surface area contributed by atoms with E-state index >= 15 is 0 Å². The highest BCUT2D eigenvalue weighted by atomic mass is 16.5. The SMILES string of the molecule is COc1cccc(COC(C)C(=O)N[C@H]2CCCNC2)c1. The lowest BCUT2D eigenvalue weighted by molar-refractivity contribution is -0.133. The number of amides is 1. The first-order valence-electron chi connectivity index (χ1n) is 7.44. The maximum atomic E-state index is 12.1. The first-order valence-corrected chi connectivity index (χ1v) is 7.44. The molecule has 1 amide bonds. The summed E-state index contributed by atoms with van der Waals surface area (Å²) >= 11 is 0. The number of ether oxygens (including phenoxy) is 2. The van der Waals surface area contributed by atoms with Crippen LogP contribution in [0.5, 0.6) is 5.75 Å². The molecule has 0 saturated carbocycles. The fourth-order valence-electron chi connectivity index (χ4n) is 2.35. The Morgan fingerprint density at radius 1 is 1.52 bits per heavy atom. The molecule has 0 aliphatic carbocycles. The molecule has 1 aromatic rings. The molecule has 0 aromatic heterocycles. The smallest absolute Gasteiger partial charge is 0.249 e. The molecule has 1 aliphatic heterocycles. The van der Waals surface area contributed by atoms with Crippen LogP contribution in [0, 0.1) is 0 Å². The van der Waals surface area contributed by atoms with Gasteiger partial charge < -0.3 is 20.1 Å². The summed E-state index contributed by atoms with van der Waals surface area (Å²) in [5.41, 5.74) is 0.994. The van der Waals surface area contributed by atoms with E-state index in [4.69, 9.17) is 9.47 Å². The summed E-state index contributed by atoms with van der Waals surface area (Å²) in [6.45, 7) is 4.06. The van der Waals surface area contributed by atoms with Gasteiger partial charge in [0.05, 0.1) is 13.7 Å². The predicted octanol–water partition coefficient (Wildman–Crippen LogP) is 1.47. The molecule has 21 heavy (non-hydrogen) atoms. The Balaban J connectivity index is 1.77. The van der Waals surface area contributed by atoms with Crippen LogP contribution in [0.25, 0.3) is 0 Å². The van der Waals surface area contributed by atoms with E-state index in [9.17, 15) is 4.79 Å². The standard InChI is InChI=1S/C16H24N2O3/c1-12(16(19)18-14-6-4-8-17-10-14)21-11-13-5-3-7-15(9-13)20-2/h3,5,7,9,12,14,17H,4,6,8,10-11H2,1-2H3,(H,18,19)/t12?,14-/m0/s1. The molecule has 2 N–H and O–H groups in total. The summed E-state index contributed by atoms with van der Waals surface area (Å²) in [5.74, 6) is 0.744. The van der Waals surface area contributed by atoms with Crippen LogP contribution in [-0.2, 0) is 16.1 Å². The monoisotopic (exact) mass is 292 g/mol. The minimum Gasteiger partial charge on any atom is -0.497 e. The zero-order valence-corrected chi connectivity index (χ0v) is 12.7. The van der Waals surface area contributed by atoms with Gasteiger partial charge in [-0.15, -0.1) is 0 Å². The molecule has 2 atom stereocenters. The zero-order valence-electron chi connectivity index (χ0n) is 12.7. The highest BCUT2D eigenvalue weighted by molar-refractivity contribution is 5.80. The molecule has 1 saturated heterocycles. The van der Waals surface area contributed by atoms with Crippen molar-refractivity contribution in [3.63, 3.8) is 0 Å². The first-order chi connectivity index (χ1) is 10.2. The number of carbonyl (C=O) groups is 1. The fraction of sp³-hybridized carbons (Fsp3) is 0.562. The molecule has 116 valence electrons. The van der Waals surface area contributed by atoms with Crippen molar-refractivity contribution in [2.75, 3.05) is 20.2 Å². The van der Waals surface area contributed by atoms with Gasteiger partial charge in [0.1, 0.15) is 11.9 Å². The van der Waals surface area contributed by atoms with Crippen molar-refractivity contribution in [1.29, 1.82) is 0 Å². The third kappa shape index (κ3) is 5.02. The molecule has 1 fully saturated rings.